The van der Waals surface area contributed by atoms with Gasteiger partial charge in [0.05, 0.1) is 11.4 Å². The van der Waals surface area contributed by atoms with Gasteiger partial charge in [0.15, 0.2) is 0 Å². The van der Waals surface area contributed by atoms with Crippen LogP contribution in [-0.4, -0.2) is 7.05 Å². The van der Waals surface area contributed by atoms with E-state index in [-0.39, 0.29) is 22.1 Å². The Labute approximate surface area is 273 Å². The van der Waals surface area contributed by atoms with Crippen molar-refractivity contribution in [1.29, 1.82) is 0 Å². The molecule has 0 bridgehead atoms. The molecule has 0 saturated heterocycles. The van der Waals surface area contributed by atoms with E-state index >= 15 is 4.39 Å². The molecule has 4 heteroatoms. The van der Waals surface area contributed by atoms with E-state index in [1.807, 2.05) is 0 Å². The van der Waals surface area contributed by atoms with Crippen molar-refractivity contribution in [2.45, 2.75) is 91.4 Å². The molecule has 2 nitrogen and oxygen atoms in total. The van der Waals surface area contributed by atoms with Crippen LogP contribution >= 0.6 is 11.3 Å². The van der Waals surface area contributed by atoms with Gasteiger partial charge in [-0.2, -0.15) is 0 Å². The van der Waals surface area contributed by atoms with Gasteiger partial charge in [0.2, 0.25) is 0 Å². The number of anilines is 5. The summed E-state index contributed by atoms with van der Waals surface area (Å²) in [6.07, 6.45) is 2.27. The maximum absolute atomic E-state index is 15.9. The van der Waals surface area contributed by atoms with Gasteiger partial charge in [-0.1, -0.05) is 84.4 Å². The lowest BCUT2D eigenvalue weighted by molar-refractivity contribution is 0.332. The quantitative estimate of drug-likeness (QED) is 0.193. The zero-order valence-corrected chi connectivity index (χ0v) is 29.4. The number of thiophene rings is 1. The Balaban J connectivity index is 1.55. The van der Waals surface area contributed by atoms with Crippen LogP contribution in [0.3, 0.4) is 0 Å². The van der Waals surface area contributed by atoms with E-state index in [9.17, 15) is 0 Å². The fraction of sp³-hybridized carbons (Fsp3) is 0.366. The lowest BCUT2D eigenvalue weighted by Gasteiger charge is -2.44. The fourth-order valence-electron chi connectivity index (χ4n) is 7.08. The Bertz CT molecular complexity index is 1910. The van der Waals surface area contributed by atoms with Crippen LogP contribution in [0.15, 0.2) is 78.2 Å². The number of rotatable bonds is 5. The number of hydrogen-bond donors (Lipinski definition) is 0. The molecular weight excluding hydrogens is 572 g/mol. The van der Waals surface area contributed by atoms with Crippen LogP contribution in [-0.2, 0) is 16.2 Å². The van der Waals surface area contributed by atoms with Gasteiger partial charge >= 0.3 is 0 Å². The summed E-state index contributed by atoms with van der Waals surface area (Å²) in [4.78, 5) is 4.45. The molecule has 0 aliphatic heterocycles. The van der Waals surface area contributed by atoms with Crippen LogP contribution in [0.5, 0.6) is 0 Å². The Morgan fingerprint density at radius 1 is 0.756 bits per heavy atom. The summed E-state index contributed by atoms with van der Waals surface area (Å²) in [5.74, 6) is -0.247. The van der Waals surface area contributed by atoms with Crippen LogP contribution in [0.4, 0.5) is 32.8 Å². The fourth-order valence-corrected chi connectivity index (χ4v) is 7.99. The maximum Gasteiger partial charge on any atom is 0.127 e. The Kier molecular flexibility index (Phi) is 7.68. The summed E-state index contributed by atoms with van der Waals surface area (Å²) in [7, 11) is 2.09. The first-order valence-corrected chi connectivity index (χ1v) is 17.0. The van der Waals surface area contributed by atoms with Crippen molar-refractivity contribution in [1.82, 2.24) is 0 Å². The number of benzene rings is 4. The summed E-state index contributed by atoms with van der Waals surface area (Å²) in [6, 6.07) is 25.5. The van der Waals surface area contributed by atoms with Gasteiger partial charge in [0.1, 0.15) is 5.82 Å². The second-order valence-corrected chi connectivity index (χ2v) is 16.3. The molecule has 4 aromatic carbocycles. The molecule has 0 saturated carbocycles. The molecule has 0 radical (unpaired) electrons. The van der Waals surface area contributed by atoms with Gasteiger partial charge in [0.25, 0.3) is 0 Å². The lowest BCUT2D eigenvalue weighted by atomic mass is 9.62. The van der Waals surface area contributed by atoms with Crippen LogP contribution in [0.1, 0.15) is 89.1 Å². The van der Waals surface area contributed by atoms with Gasteiger partial charge in [-0.05, 0) is 108 Å². The van der Waals surface area contributed by atoms with Crippen LogP contribution in [0, 0.1) is 19.7 Å². The van der Waals surface area contributed by atoms with Crippen molar-refractivity contribution in [3.8, 4) is 0 Å². The molecule has 1 aliphatic carbocycles. The number of halogens is 1. The lowest BCUT2D eigenvalue weighted by Crippen LogP contribution is -2.35. The first kappa shape index (κ1) is 31.4. The van der Waals surface area contributed by atoms with Crippen LogP contribution < -0.4 is 9.80 Å². The molecule has 45 heavy (non-hydrogen) atoms. The van der Waals surface area contributed by atoms with Gasteiger partial charge in [0, 0.05) is 39.6 Å². The van der Waals surface area contributed by atoms with E-state index in [4.69, 9.17) is 0 Å². The zero-order valence-electron chi connectivity index (χ0n) is 28.6. The van der Waals surface area contributed by atoms with Crippen LogP contribution in [0.2, 0.25) is 0 Å². The van der Waals surface area contributed by atoms with Crippen molar-refractivity contribution in [3.63, 3.8) is 0 Å². The van der Waals surface area contributed by atoms with E-state index in [2.05, 4.69) is 145 Å². The average Bonchev–Trinajstić information content (AvgIpc) is 3.37. The van der Waals surface area contributed by atoms with E-state index in [0.29, 0.717) is 0 Å². The molecule has 1 heterocycles. The van der Waals surface area contributed by atoms with E-state index in [1.165, 1.54) is 32.3 Å². The average molecular weight is 619 g/mol. The predicted octanol–water partition coefficient (Wildman–Crippen LogP) is 12.5. The third-order valence-electron chi connectivity index (χ3n) is 9.95. The summed E-state index contributed by atoms with van der Waals surface area (Å²) < 4.78 is 17.1. The molecule has 234 valence electrons. The highest BCUT2D eigenvalue weighted by molar-refractivity contribution is 7.17. The van der Waals surface area contributed by atoms with E-state index < -0.39 is 0 Å². The monoisotopic (exact) mass is 618 g/mol. The summed E-state index contributed by atoms with van der Waals surface area (Å²) in [6.45, 7) is 20.4. The maximum atomic E-state index is 15.9. The molecule has 5 aromatic rings. The molecule has 6 rings (SSSR count). The highest BCUT2D eigenvalue weighted by Crippen LogP contribution is 2.51. The van der Waals surface area contributed by atoms with Crippen molar-refractivity contribution < 1.29 is 4.39 Å². The summed E-state index contributed by atoms with van der Waals surface area (Å²) in [5.41, 5.74) is 11.5. The molecular formula is C41H47FN2S. The molecule has 0 spiro atoms. The highest BCUT2D eigenvalue weighted by atomic mass is 32.1. The zero-order chi connectivity index (χ0) is 32.5. The minimum atomic E-state index is -0.247. The van der Waals surface area contributed by atoms with Gasteiger partial charge in [-0.25, -0.2) is 4.39 Å². The first-order valence-electron chi connectivity index (χ1n) is 16.1. The number of nitrogens with zero attached hydrogens (tertiary/aromatic N) is 2. The smallest absolute Gasteiger partial charge is 0.127 e. The van der Waals surface area contributed by atoms with Crippen molar-refractivity contribution >= 4 is 49.9 Å². The number of hydrogen-bond acceptors (Lipinski definition) is 3. The van der Waals surface area contributed by atoms with E-state index in [1.54, 1.807) is 23.5 Å². The van der Waals surface area contributed by atoms with Crippen molar-refractivity contribution in [3.05, 3.63) is 112 Å². The molecule has 0 unspecified atom stereocenters. The topological polar surface area (TPSA) is 6.48 Å². The summed E-state index contributed by atoms with van der Waals surface area (Å²) >= 11 is 1.73. The Morgan fingerprint density at radius 3 is 2.18 bits per heavy atom. The predicted molar refractivity (Wildman–Crippen MR) is 194 cm³/mol. The van der Waals surface area contributed by atoms with Gasteiger partial charge < -0.3 is 9.80 Å². The molecule has 0 fully saturated rings. The minimum Gasteiger partial charge on any atom is -0.344 e. The Morgan fingerprint density at radius 2 is 1.47 bits per heavy atom. The molecule has 0 N–H and O–H groups in total. The van der Waals surface area contributed by atoms with Gasteiger partial charge in [-0.3, -0.25) is 0 Å². The van der Waals surface area contributed by atoms with Crippen molar-refractivity contribution in [2.75, 3.05) is 16.8 Å². The molecule has 1 aromatic heterocycles. The van der Waals surface area contributed by atoms with Crippen LogP contribution in [0.25, 0.3) is 10.1 Å². The standard InChI is InChI=1S/C41H47FN2S/c1-26-14-17-37-32(20-26)36(25-45-37)44(34-16-15-28(21-27(34)2)39(3,4)5)31-23-29(42)22-30(24-31)43(10)35-13-11-12-33-38(35)41(8,9)19-18-40(33,6)7/h11-17,20-25H,18-19H2,1-10H3. The molecule has 1 aliphatic rings. The van der Waals surface area contributed by atoms with Crippen molar-refractivity contribution in [2.24, 2.45) is 0 Å². The number of aryl methyl sites for hydroxylation is 2. The normalized spacial score (nSPS) is 15.6. The first-order chi connectivity index (χ1) is 21.1. The SMILES string of the molecule is Cc1ccc2scc(N(c3cc(F)cc(N(C)c4cccc5c4C(C)(C)CCC5(C)C)c3)c3ccc(C(C)(C)C)cc3C)c2c1. The Hall–Kier alpha value is -3.63. The minimum absolute atomic E-state index is 0.0251. The summed E-state index contributed by atoms with van der Waals surface area (Å²) in [5, 5.41) is 3.40. The largest absolute Gasteiger partial charge is 0.344 e. The third-order valence-corrected chi connectivity index (χ3v) is 10.9. The second-order valence-electron chi connectivity index (χ2n) is 15.4. The third kappa shape index (κ3) is 5.67. The van der Waals surface area contributed by atoms with Gasteiger partial charge in [-0.15, -0.1) is 11.3 Å². The number of fused-ring (bicyclic) bond motifs is 2. The highest BCUT2D eigenvalue weighted by Gasteiger charge is 2.39. The van der Waals surface area contributed by atoms with E-state index in [0.717, 1.165) is 46.8 Å². The molecule has 0 atom stereocenters. The second kappa shape index (κ2) is 11.0. The molecule has 0 amide bonds.